The number of hydrogen-bond donors (Lipinski definition) is 2. The van der Waals surface area contributed by atoms with Gasteiger partial charge >= 0.3 is 0 Å². The summed E-state index contributed by atoms with van der Waals surface area (Å²) >= 11 is 0. The number of aliphatic hydroxyl groups excluding tert-OH is 1. The first kappa shape index (κ1) is 14.0. The summed E-state index contributed by atoms with van der Waals surface area (Å²) in [6, 6.07) is 0.646. The van der Waals surface area contributed by atoms with E-state index in [0.717, 1.165) is 6.54 Å². The Balaban J connectivity index is 2.22. The predicted molar refractivity (Wildman–Crippen MR) is 69.6 cm³/mol. The van der Waals surface area contributed by atoms with Crippen molar-refractivity contribution in [3.63, 3.8) is 0 Å². The third-order valence-electron chi connectivity index (χ3n) is 3.56. The molecule has 0 aromatic heterocycles. The Kier molecular flexibility index (Phi) is 7.87. The molecule has 0 bridgehead atoms. The Bertz CT molecular complexity index is 147. The smallest absolute Gasteiger partial charge is 0.0636 e. The van der Waals surface area contributed by atoms with Crippen LogP contribution in [0.5, 0.6) is 0 Å². The monoisotopic (exact) mass is 227 g/mol. The fraction of sp³-hybridized carbons (Fsp3) is 1.00. The molecule has 0 amide bonds. The van der Waals surface area contributed by atoms with Crippen LogP contribution in [-0.2, 0) is 0 Å². The summed E-state index contributed by atoms with van der Waals surface area (Å²) < 4.78 is 0. The van der Waals surface area contributed by atoms with E-state index in [2.05, 4.69) is 5.32 Å². The van der Waals surface area contributed by atoms with Gasteiger partial charge in [0.2, 0.25) is 0 Å². The summed E-state index contributed by atoms with van der Waals surface area (Å²) in [4.78, 5) is 0. The topological polar surface area (TPSA) is 32.3 Å². The Labute approximate surface area is 101 Å². The standard InChI is InChI=1S/C14H29NO/c1-13(16)12-15-14-10-8-6-4-2-3-5-7-9-11-14/h13-16H,2-12H2,1H3. The van der Waals surface area contributed by atoms with E-state index < -0.39 is 0 Å². The molecule has 16 heavy (non-hydrogen) atoms. The molecule has 0 aromatic carbocycles. The van der Waals surface area contributed by atoms with Crippen molar-refractivity contribution in [2.75, 3.05) is 6.54 Å². The van der Waals surface area contributed by atoms with Crippen molar-refractivity contribution in [3.05, 3.63) is 0 Å². The first-order valence-corrected chi connectivity index (χ1v) is 7.20. The highest BCUT2D eigenvalue weighted by molar-refractivity contribution is 4.69. The summed E-state index contributed by atoms with van der Waals surface area (Å²) in [6.07, 6.45) is 13.6. The van der Waals surface area contributed by atoms with Crippen molar-refractivity contribution >= 4 is 0 Å². The van der Waals surface area contributed by atoms with Crippen molar-refractivity contribution in [1.29, 1.82) is 0 Å². The van der Waals surface area contributed by atoms with E-state index in [4.69, 9.17) is 0 Å². The number of hydrogen-bond acceptors (Lipinski definition) is 2. The van der Waals surface area contributed by atoms with Gasteiger partial charge in [-0.15, -0.1) is 0 Å². The van der Waals surface area contributed by atoms with Crippen LogP contribution in [0.2, 0.25) is 0 Å². The fourth-order valence-electron chi connectivity index (χ4n) is 2.53. The van der Waals surface area contributed by atoms with Crippen LogP contribution in [0.1, 0.15) is 71.1 Å². The van der Waals surface area contributed by atoms with Gasteiger partial charge in [0.15, 0.2) is 0 Å². The summed E-state index contributed by atoms with van der Waals surface area (Å²) in [5, 5.41) is 12.8. The largest absolute Gasteiger partial charge is 0.392 e. The molecule has 2 heteroatoms. The minimum absolute atomic E-state index is 0.210. The second-order valence-electron chi connectivity index (χ2n) is 5.36. The molecule has 0 aromatic rings. The molecule has 2 N–H and O–H groups in total. The van der Waals surface area contributed by atoms with E-state index in [-0.39, 0.29) is 6.10 Å². The minimum atomic E-state index is -0.210. The van der Waals surface area contributed by atoms with E-state index in [1.807, 2.05) is 6.92 Å². The molecule has 0 radical (unpaired) electrons. The van der Waals surface area contributed by atoms with Gasteiger partial charge in [0.05, 0.1) is 6.10 Å². The Morgan fingerprint density at radius 1 is 0.938 bits per heavy atom. The van der Waals surface area contributed by atoms with Crippen LogP contribution >= 0.6 is 0 Å². The molecule has 0 aliphatic heterocycles. The maximum Gasteiger partial charge on any atom is 0.0636 e. The van der Waals surface area contributed by atoms with Crippen LogP contribution in [0.15, 0.2) is 0 Å². The van der Waals surface area contributed by atoms with Gasteiger partial charge in [-0.05, 0) is 19.8 Å². The van der Waals surface area contributed by atoms with Crippen LogP contribution in [0.25, 0.3) is 0 Å². The first-order valence-electron chi connectivity index (χ1n) is 7.20. The van der Waals surface area contributed by atoms with Crippen molar-refractivity contribution in [3.8, 4) is 0 Å². The molecular formula is C14H29NO. The molecule has 1 aliphatic rings. The Hall–Kier alpha value is -0.0800. The van der Waals surface area contributed by atoms with E-state index in [1.165, 1.54) is 64.2 Å². The van der Waals surface area contributed by atoms with E-state index in [0.29, 0.717) is 6.04 Å². The molecule has 1 aliphatic carbocycles. The van der Waals surface area contributed by atoms with E-state index in [9.17, 15) is 5.11 Å². The lowest BCUT2D eigenvalue weighted by molar-refractivity contribution is 0.183. The molecule has 0 heterocycles. The summed E-state index contributed by atoms with van der Waals surface area (Å²) in [7, 11) is 0. The Morgan fingerprint density at radius 2 is 1.38 bits per heavy atom. The van der Waals surface area contributed by atoms with Crippen LogP contribution in [-0.4, -0.2) is 23.8 Å². The van der Waals surface area contributed by atoms with Crippen LogP contribution in [0.4, 0.5) is 0 Å². The van der Waals surface area contributed by atoms with Crippen molar-refractivity contribution in [2.24, 2.45) is 0 Å². The van der Waals surface area contributed by atoms with Gasteiger partial charge in [0.1, 0.15) is 0 Å². The van der Waals surface area contributed by atoms with Crippen molar-refractivity contribution in [2.45, 2.75) is 83.3 Å². The molecule has 0 spiro atoms. The lowest BCUT2D eigenvalue weighted by Gasteiger charge is -2.19. The van der Waals surface area contributed by atoms with Gasteiger partial charge < -0.3 is 10.4 Å². The molecule has 1 saturated carbocycles. The zero-order valence-electron chi connectivity index (χ0n) is 10.9. The normalized spacial score (nSPS) is 23.6. The molecule has 1 fully saturated rings. The summed E-state index contributed by atoms with van der Waals surface area (Å²) in [6.45, 7) is 2.61. The number of nitrogens with one attached hydrogen (secondary N) is 1. The quantitative estimate of drug-likeness (QED) is 0.776. The zero-order valence-corrected chi connectivity index (χ0v) is 10.9. The molecule has 1 unspecified atom stereocenters. The lowest BCUT2D eigenvalue weighted by Crippen LogP contribution is -2.34. The SMILES string of the molecule is CC(O)CNC1CCCCCCCCCC1. The Morgan fingerprint density at radius 3 is 1.81 bits per heavy atom. The van der Waals surface area contributed by atoms with Crippen molar-refractivity contribution in [1.82, 2.24) is 5.32 Å². The molecule has 1 rings (SSSR count). The highest BCUT2D eigenvalue weighted by Gasteiger charge is 2.09. The number of rotatable bonds is 3. The lowest BCUT2D eigenvalue weighted by atomic mass is 10.0. The summed E-state index contributed by atoms with van der Waals surface area (Å²) in [5.41, 5.74) is 0. The minimum Gasteiger partial charge on any atom is -0.392 e. The highest BCUT2D eigenvalue weighted by atomic mass is 16.3. The fourth-order valence-corrected chi connectivity index (χ4v) is 2.53. The summed E-state index contributed by atoms with van der Waals surface area (Å²) in [5.74, 6) is 0. The van der Waals surface area contributed by atoms with Gasteiger partial charge in [0.25, 0.3) is 0 Å². The molecule has 0 saturated heterocycles. The van der Waals surface area contributed by atoms with Gasteiger partial charge in [-0.3, -0.25) is 0 Å². The van der Waals surface area contributed by atoms with Gasteiger partial charge in [-0.1, -0.05) is 51.4 Å². The number of aliphatic hydroxyl groups is 1. The van der Waals surface area contributed by atoms with Crippen molar-refractivity contribution < 1.29 is 5.11 Å². The van der Waals surface area contributed by atoms with Crippen LogP contribution in [0.3, 0.4) is 0 Å². The second kappa shape index (κ2) is 9.00. The second-order valence-corrected chi connectivity index (χ2v) is 5.36. The molecule has 96 valence electrons. The molecule has 1 atom stereocenters. The van der Waals surface area contributed by atoms with Gasteiger partial charge in [0, 0.05) is 12.6 Å². The first-order chi connectivity index (χ1) is 7.79. The molecular weight excluding hydrogens is 198 g/mol. The maximum atomic E-state index is 9.29. The zero-order chi connectivity index (χ0) is 11.6. The van der Waals surface area contributed by atoms with Crippen LogP contribution < -0.4 is 5.32 Å². The average Bonchev–Trinajstić information content (AvgIpc) is 2.31. The average molecular weight is 227 g/mol. The van der Waals surface area contributed by atoms with Gasteiger partial charge in [-0.25, -0.2) is 0 Å². The predicted octanol–water partition coefficient (Wildman–Crippen LogP) is 3.24. The maximum absolute atomic E-state index is 9.29. The van der Waals surface area contributed by atoms with E-state index >= 15 is 0 Å². The van der Waals surface area contributed by atoms with E-state index in [1.54, 1.807) is 0 Å². The highest BCUT2D eigenvalue weighted by Crippen LogP contribution is 2.16. The molecule has 2 nitrogen and oxygen atoms in total. The van der Waals surface area contributed by atoms with Crippen LogP contribution in [0, 0.1) is 0 Å². The van der Waals surface area contributed by atoms with Gasteiger partial charge in [-0.2, -0.15) is 0 Å². The third kappa shape index (κ3) is 7.24. The third-order valence-corrected chi connectivity index (χ3v) is 3.56.